The van der Waals surface area contributed by atoms with Gasteiger partial charge in [0.25, 0.3) is 0 Å². The molecule has 0 bridgehead atoms. The SMILES string of the molecule is COC(=O)Cc1nc2cc(C)ccn2c1N=Nc1cc(C)ccc1OC. The topological polar surface area (TPSA) is 77.5 Å². The second-order valence-corrected chi connectivity index (χ2v) is 5.94. The summed E-state index contributed by atoms with van der Waals surface area (Å²) in [4.78, 5) is 16.2. The lowest BCUT2D eigenvalue weighted by Crippen LogP contribution is -2.04. The Hall–Kier alpha value is -3.22. The molecule has 0 spiro atoms. The number of rotatable bonds is 5. The van der Waals surface area contributed by atoms with Gasteiger partial charge in [-0.1, -0.05) is 6.07 Å². The molecule has 2 heterocycles. The molecule has 7 heteroatoms. The maximum atomic E-state index is 11.7. The molecule has 3 rings (SSSR count). The molecule has 0 saturated carbocycles. The first kappa shape index (κ1) is 17.6. The molecule has 0 N–H and O–H groups in total. The van der Waals surface area contributed by atoms with Gasteiger partial charge < -0.3 is 9.47 Å². The number of benzene rings is 1. The van der Waals surface area contributed by atoms with Gasteiger partial charge in [0.1, 0.15) is 17.1 Å². The highest BCUT2D eigenvalue weighted by molar-refractivity contribution is 5.74. The summed E-state index contributed by atoms with van der Waals surface area (Å²) in [5, 5.41) is 8.70. The minimum absolute atomic E-state index is 0.0243. The molecule has 26 heavy (non-hydrogen) atoms. The average Bonchev–Trinajstić information content (AvgIpc) is 2.95. The van der Waals surface area contributed by atoms with Crippen molar-refractivity contribution < 1.29 is 14.3 Å². The van der Waals surface area contributed by atoms with E-state index in [0.717, 1.165) is 11.1 Å². The maximum absolute atomic E-state index is 11.7. The first-order valence-electron chi connectivity index (χ1n) is 8.12. The van der Waals surface area contributed by atoms with Crippen LogP contribution in [0.2, 0.25) is 0 Å². The van der Waals surface area contributed by atoms with Gasteiger partial charge in [-0.05, 0) is 49.2 Å². The summed E-state index contributed by atoms with van der Waals surface area (Å²) in [6.07, 6.45) is 1.89. The van der Waals surface area contributed by atoms with Gasteiger partial charge in [0.05, 0.1) is 26.3 Å². The van der Waals surface area contributed by atoms with E-state index in [1.165, 1.54) is 7.11 Å². The summed E-state index contributed by atoms with van der Waals surface area (Å²) in [7, 11) is 2.93. The van der Waals surface area contributed by atoms with E-state index < -0.39 is 0 Å². The Bertz CT molecular complexity index is 992. The first-order valence-corrected chi connectivity index (χ1v) is 8.12. The molecule has 0 atom stereocenters. The fraction of sp³-hybridized carbons (Fsp3) is 0.263. The molecule has 0 unspecified atom stereocenters. The molecule has 1 aromatic carbocycles. The predicted octanol–water partition coefficient (Wildman–Crippen LogP) is 4.09. The van der Waals surface area contributed by atoms with Gasteiger partial charge in [-0.25, -0.2) is 4.98 Å². The van der Waals surface area contributed by atoms with Crippen molar-refractivity contribution in [1.29, 1.82) is 0 Å². The number of azo groups is 1. The van der Waals surface area contributed by atoms with E-state index in [0.29, 0.717) is 28.6 Å². The van der Waals surface area contributed by atoms with Crippen LogP contribution in [0.3, 0.4) is 0 Å². The highest BCUT2D eigenvalue weighted by Crippen LogP contribution is 2.31. The number of ether oxygens (including phenoxy) is 2. The highest BCUT2D eigenvalue weighted by atomic mass is 16.5. The number of hydrogen-bond acceptors (Lipinski definition) is 6. The van der Waals surface area contributed by atoms with Crippen LogP contribution in [0, 0.1) is 13.8 Å². The number of fused-ring (bicyclic) bond motifs is 1. The Balaban J connectivity index is 2.09. The summed E-state index contributed by atoms with van der Waals surface area (Å²) in [6, 6.07) is 9.54. The lowest BCUT2D eigenvalue weighted by molar-refractivity contribution is -0.139. The lowest BCUT2D eigenvalue weighted by atomic mass is 10.2. The number of methoxy groups -OCH3 is 2. The van der Waals surface area contributed by atoms with E-state index in [-0.39, 0.29) is 12.4 Å². The molecule has 0 saturated heterocycles. The van der Waals surface area contributed by atoms with Crippen molar-refractivity contribution in [2.45, 2.75) is 20.3 Å². The Morgan fingerprint density at radius 1 is 1.12 bits per heavy atom. The number of pyridine rings is 1. The first-order chi connectivity index (χ1) is 12.5. The average molecular weight is 352 g/mol. The molecule has 7 nitrogen and oxygen atoms in total. The van der Waals surface area contributed by atoms with Gasteiger partial charge in [-0.2, -0.15) is 0 Å². The Morgan fingerprint density at radius 2 is 1.88 bits per heavy atom. The van der Waals surface area contributed by atoms with Crippen molar-refractivity contribution in [3.63, 3.8) is 0 Å². The fourth-order valence-electron chi connectivity index (χ4n) is 2.60. The number of carbonyl (C=O) groups excluding carboxylic acids is 1. The molecule has 2 aromatic heterocycles. The van der Waals surface area contributed by atoms with E-state index in [1.54, 1.807) is 11.5 Å². The van der Waals surface area contributed by atoms with Gasteiger partial charge in [-0.15, -0.1) is 10.2 Å². The van der Waals surface area contributed by atoms with Crippen molar-refractivity contribution in [2.24, 2.45) is 10.2 Å². The zero-order valence-corrected chi connectivity index (χ0v) is 15.2. The van der Waals surface area contributed by atoms with E-state index in [4.69, 9.17) is 9.47 Å². The number of esters is 1. The van der Waals surface area contributed by atoms with Crippen LogP contribution in [0.15, 0.2) is 46.8 Å². The summed E-state index contributed by atoms with van der Waals surface area (Å²) in [5.41, 5.74) is 3.93. The van der Waals surface area contributed by atoms with E-state index >= 15 is 0 Å². The van der Waals surface area contributed by atoms with Crippen LogP contribution in [-0.4, -0.2) is 29.6 Å². The molecular weight excluding hydrogens is 332 g/mol. The second kappa shape index (κ2) is 7.35. The molecular formula is C19H20N4O3. The van der Waals surface area contributed by atoms with Crippen molar-refractivity contribution in [2.75, 3.05) is 14.2 Å². The number of nitrogens with zero attached hydrogens (tertiary/aromatic N) is 4. The molecule has 0 amide bonds. The van der Waals surface area contributed by atoms with Crippen LogP contribution < -0.4 is 4.74 Å². The monoisotopic (exact) mass is 352 g/mol. The molecule has 0 aliphatic rings. The van der Waals surface area contributed by atoms with Crippen LogP contribution in [0.25, 0.3) is 5.65 Å². The maximum Gasteiger partial charge on any atom is 0.311 e. The van der Waals surface area contributed by atoms with Gasteiger partial charge in [-0.3, -0.25) is 9.20 Å². The molecule has 0 aliphatic heterocycles. The summed E-state index contributed by atoms with van der Waals surface area (Å²) in [5.74, 6) is 0.738. The Morgan fingerprint density at radius 3 is 2.62 bits per heavy atom. The number of hydrogen-bond donors (Lipinski definition) is 0. The van der Waals surface area contributed by atoms with Crippen molar-refractivity contribution >= 4 is 23.1 Å². The fourth-order valence-corrected chi connectivity index (χ4v) is 2.60. The normalized spacial score (nSPS) is 11.2. The Labute approximate surface area is 151 Å². The van der Waals surface area contributed by atoms with Gasteiger partial charge >= 0.3 is 5.97 Å². The largest absolute Gasteiger partial charge is 0.494 e. The van der Waals surface area contributed by atoms with E-state index in [9.17, 15) is 4.79 Å². The van der Waals surface area contributed by atoms with Crippen molar-refractivity contribution in [1.82, 2.24) is 9.38 Å². The third-order valence-corrected chi connectivity index (χ3v) is 3.95. The van der Waals surface area contributed by atoms with Gasteiger partial charge in [0.2, 0.25) is 0 Å². The molecule has 134 valence electrons. The van der Waals surface area contributed by atoms with Crippen LogP contribution in [0.4, 0.5) is 11.5 Å². The number of aromatic nitrogens is 2. The lowest BCUT2D eigenvalue weighted by Gasteiger charge is -2.04. The van der Waals surface area contributed by atoms with Crippen LogP contribution >= 0.6 is 0 Å². The van der Waals surface area contributed by atoms with Gasteiger partial charge in [0, 0.05) is 6.20 Å². The van der Waals surface area contributed by atoms with E-state index in [2.05, 4.69) is 15.2 Å². The van der Waals surface area contributed by atoms with Crippen LogP contribution in [0.5, 0.6) is 5.75 Å². The molecule has 0 aliphatic carbocycles. The zero-order chi connectivity index (χ0) is 18.7. The third kappa shape index (κ3) is 3.56. The number of aryl methyl sites for hydroxylation is 2. The predicted molar refractivity (Wildman–Crippen MR) is 97.6 cm³/mol. The minimum atomic E-state index is -0.380. The summed E-state index contributed by atoms with van der Waals surface area (Å²) >= 11 is 0. The van der Waals surface area contributed by atoms with Gasteiger partial charge in [0.15, 0.2) is 5.82 Å². The second-order valence-electron chi connectivity index (χ2n) is 5.94. The van der Waals surface area contributed by atoms with Crippen molar-refractivity contribution in [3.05, 3.63) is 53.3 Å². The summed E-state index contributed by atoms with van der Waals surface area (Å²) < 4.78 is 11.9. The van der Waals surface area contributed by atoms with Crippen LogP contribution in [0.1, 0.15) is 16.8 Å². The minimum Gasteiger partial charge on any atom is -0.494 e. The third-order valence-electron chi connectivity index (χ3n) is 3.95. The standard InChI is InChI=1S/C19H20N4O3/c1-12-5-6-16(25-3)14(9-12)21-22-19-15(11-18(24)26-4)20-17-10-13(2)7-8-23(17)19/h5-10H,11H2,1-4H3. The number of carbonyl (C=O) groups is 1. The highest BCUT2D eigenvalue weighted by Gasteiger charge is 2.16. The smallest absolute Gasteiger partial charge is 0.311 e. The summed E-state index contributed by atoms with van der Waals surface area (Å²) in [6.45, 7) is 3.95. The van der Waals surface area contributed by atoms with Crippen LogP contribution in [-0.2, 0) is 16.0 Å². The van der Waals surface area contributed by atoms with Crippen molar-refractivity contribution in [3.8, 4) is 5.75 Å². The quantitative estimate of drug-likeness (QED) is 0.512. The zero-order valence-electron chi connectivity index (χ0n) is 15.2. The molecule has 0 fully saturated rings. The van der Waals surface area contributed by atoms with E-state index in [1.807, 2.05) is 50.4 Å². The molecule has 3 aromatic rings. The number of imidazole rings is 1. The Kier molecular flexibility index (Phi) is 4.97. The molecule has 0 radical (unpaired) electrons.